The van der Waals surface area contributed by atoms with Gasteiger partial charge in [-0.1, -0.05) is 12.1 Å². The fraction of sp³-hybridized carbons (Fsp3) is 0.261. The zero-order valence-electron chi connectivity index (χ0n) is 17.8. The number of carbonyl (C=O) groups excluding carboxylic acids is 1. The van der Waals surface area contributed by atoms with Crippen molar-refractivity contribution in [3.63, 3.8) is 0 Å². The highest BCUT2D eigenvalue weighted by Gasteiger charge is 2.15. The Morgan fingerprint density at radius 2 is 1.77 bits per heavy atom. The lowest BCUT2D eigenvalue weighted by atomic mass is 10.1. The maximum Gasteiger partial charge on any atom is 0.294 e. The van der Waals surface area contributed by atoms with Crippen LogP contribution >= 0.6 is 0 Å². The highest BCUT2D eigenvalue weighted by Crippen LogP contribution is 2.31. The first-order valence-electron chi connectivity index (χ1n) is 9.74. The van der Waals surface area contributed by atoms with Crippen LogP contribution < -0.4 is 20.9 Å². The van der Waals surface area contributed by atoms with E-state index in [1.807, 2.05) is 45.9 Å². The third-order valence-electron chi connectivity index (χ3n) is 4.71. The highest BCUT2D eigenvalue weighted by atomic mass is 16.5. The minimum absolute atomic E-state index is 0.0555. The van der Waals surface area contributed by atoms with Crippen molar-refractivity contribution >= 4 is 17.3 Å². The molecule has 0 atom stereocenters. The van der Waals surface area contributed by atoms with Gasteiger partial charge in [0.15, 0.2) is 11.4 Å². The van der Waals surface area contributed by atoms with E-state index in [2.05, 4.69) is 15.7 Å². The van der Waals surface area contributed by atoms with Gasteiger partial charge in [-0.2, -0.15) is 5.10 Å². The van der Waals surface area contributed by atoms with E-state index in [4.69, 9.17) is 4.74 Å². The summed E-state index contributed by atoms with van der Waals surface area (Å²) in [5.74, 6) is 0.845. The van der Waals surface area contributed by atoms with Gasteiger partial charge in [-0.05, 0) is 69.2 Å². The summed E-state index contributed by atoms with van der Waals surface area (Å²) >= 11 is 0. The molecule has 2 aromatic carbocycles. The minimum Gasteiger partial charge on any atom is -0.453 e. The van der Waals surface area contributed by atoms with Crippen LogP contribution in [-0.4, -0.2) is 21.7 Å². The number of amides is 1. The molecular weight excluding hydrogens is 380 g/mol. The van der Waals surface area contributed by atoms with Crippen molar-refractivity contribution in [2.45, 2.75) is 33.7 Å². The van der Waals surface area contributed by atoms with Crippen LogP contribution in [0.5, 0.6) is 11.5 Å². The third-order valence-corrected chi connectivity index (χ3v) is 4.71. The molecule has 2 N–H and O–H groups in total. The molecule has 1 heterocycles. The lowest BCUT2D eigenvalue weighted by molar-refractivity contribution is 0.0943. The molecule has 0 aliphatic rings. The van der Waals surface area contributed by atoms with Crippen molar-refractivity contribution in [3.8, 4) is 11.5 Å². The summed E-state index contributed by atoms with van der Waals surface area (Å²) in [4.78, 5) is 24.9. The number of benzene rings is 2. The first-order chi connectivity index (χ1) is 14.3. The molecule has 0 spiro atoms. The number of aryl methyl sites for hydroxylation is 2. The molecule has 1 aromatic heterocycles. The van der Waals surface area contributed by atoms with Crippen molar-refractivity contribution in [2.24, 2.45) is 7.05 Å². The van der Waals surface area contributed by atoms with Crippen LogP contribution in [0, 0.1) is 13.8 Å². The van der Waals surface area contributed by atoms with Crippen molar-refractivity contribution in [1.29, 1.82) is 0 Å². The Bertz CT molecular complexity index is 1120. The molecule has 3 rings (SSSR count). The third kappa shape index (κ3) is 4.68. The Morgan fingerprint density at radius 1 is 1.07 bits per heavy atom. The lowest BCUT2D eigenvalue weighted by Gasteiger charge is -2.15. The number of nitrogens with zero attached hydrogens (tertiary/aromatic N) is 2. The van der Waals surface area contributed by atoms with E-state index in [1.54, 1.807) is 31.3 Å². The number of carbonyl (C=O) groups is 1. The van der Waals surface area contributed by atoms with Gasteiger partial charge in [0.25, 0.3) is 11.5 Å². The van der Waals surface area contributed by atoms with Crippen LogP contribution in [0.4, 0.5) is 11.4 Å². The molecule has 0 bridgehead atoms. The van der Waals surface area contributed by atoms with E-state index in [1.165, 1.54) is 10.9 Å². The fourth-order valence-electron chi connectivity index (χ4n) is 2.86. The summed E-state index contributed by atoms with van der Waals surface area (Å²) in [5, 5.41) is 10.0. The standard InChI is InChI=1S/C23H26N4O3/c1-14(2)25-22(28)17-9-11-18(12-10-17)26-21-20(13-24-27(5)23(21)29)30-19-8-6-7-15(3)16(19)4/h6-14,26H,1-5H3,(H,25,28). The van der Waals surface area contributed by atoms with Crippen LogP contribution in [-0.2, 0) is 7.05 Å². The van der Waals surface area contributed by atoms with Crippen molar-refractivity contribution in [3.05, 3.63) is 75.7 Å². The van der Waals surface area contributed by atoms with Crippen molar-refractivity contribution in [2.75, 3.05) is 5.32 Å². The summed E-state index contributed by atoms with van der Waals surface area (Å²) in [6.45, 7) is 7.78. The Morgan fingerprint density at radius 3 is 2.43 bits per heavy atom. The Hall–Kier alpha value is -3.61. The van der Waals surface area contributed by atoms with E-state index in [0.717, 1.165) is 11.1 Å². The zero-order chi connectivity index (χ0) is 21.8. The molecule has 156 valence electrons. The molecule has 0 radical (unpaired) electrons. The lowest BCUT2D eigenvalue weighted by Crippen LogP contribution is -2.29. The summed E-state index contributed by atoms with van der Waals surface area (Å²) in [5.41, 5.74) is 3.24. The molecule has 0 saturated carbocycles. The van der Waals surface area contributed by atoms with Gasteiger partial charge in [-0.15, -0.1) is 0 Å². The highest BCUT2D eigenvalue weighted by molar-refractivity contribution is 5.94. The predicted octanol–water partition coefficient (Wildman–Crippen LogP) is 4.07. The van der Waals surface area contributed by atoms with Crippen molar-refractivity contribution < 1.29 is 9.53 Å². The molecule has 30 heavy (non-hydrogen) atoms. The van der Waals surface area contributed by atoms with Crippen molar-refractivity contribution in [1.82, 2.24) is 15.1 Å². The molecule has 0 aliphatic heterocycles. The summed E-state index contributed by atoms with van der Waals surface area (Å²) in [7, 11) is 1.58. The van der Waals surface area contributed by atoms with E-state index in [-0.39, 0.29) is 23.2 Å². The second-order valence-electron chi connectivity index (χ2n) is 7.44. The smallest absolute Gasteiger partial charge is 0.294 e. The number of rotatable bonds is 6. The van der Waals surface area contributed by atoms with Gasteiger partial charge in [0.1, 0.15) is 5.75 Å². The first kappa shape index (κ1) is 21.1. The minimum atomic E-state index is -0.320. The van der Waals surface area contributed by atoms with Gasteiger partial charge < -0.3 is 15.4 Å². The summed E-state index contributed by atoms with van der Waals surface area (Å²) in [6, 6.07) is 12.7. The van der Waals surface area contributed by atoms with Crippen LogP contribution in [0.15, 0.2) is 53.5 Å². The number of anilines is 2. The average Bonchev–Trinajstić information content (AvgIpc) is 2.71. The Labute approximate surface area is 175 Å². The summed E-state index contributed by atoms with van der Waals surface area (Å²) in [6.07, 6.45) is 1.51. The van der Waals surface area contributed by atoms with Gasteiger partial charge in [0.05, 0.1) is 6.20 Å². The number of ether oxygens (including phenoxy) is 1. The predicted molar refractivity (Wildman–Crippen MR) is 118 cm³/mol. The topological polar surface area (TPSA) is 85.2 Å². The molecule has 1 amide bonds. The van der Waals surface area contributed by atoms with E-state index in [0.29, 0.717) is 22.7 Å². The van der Waals surface area contributed by atoms with Gasteiger partial charge in [-0.3, -0.25) is 9.59 Å². The van der Waals surface area contributed by atoms with Crippen LogP contribution in [0.2, 0.25) is 0 Å². The molecule has 3 aromatic rings. The molecule has 7 nitrogen and oxygen atoms in total. The van der Waals surface area contributed by atoms with Crippen LogP contribution in [0.1, 0.15) is 35.3 Å². The first-order valence-corrected chi connectivity index (χ1v) is 9.74. The normalized spacial score (nSPS) is 10.7. The Kier molecular flexibility index (Phi) is 6.20. The molecular formula is C23H26N4O3. The van der Waals surface area contributed by atoms with Gasteiger partial charge in [-0.25, -0.2) is 4.68 Å². The number of hydrogen-bond donors (Lipinski definition) is 2. The molecule has 7 heteroatoms. The van der Waals surface area contributed by atoms with Crippen LogP contribution in [0.3, 0.4) is 0 Å². The fourth-order valence-corrected chi connectivity index (χ4v) is 2.86. The monoisotopic (exact) mass is 406 g/mol. The maximum absolute atomic E-state index is 12.7. The van der Waals surface area contributed by atoms with E-state index >= 15 is 0 Å². The zero-order valence-corrected chi connectivity index (χ0v) is 17.8. The Balaban J connectivity index is 1.90. The average molecular weight is 406 g/mol. The largest absolute Gasteiger partial charge is 0.453 e. The quantitative estimate of drug-likeness (QED) is 0.645. The number of aromatic nitrogens is 2. The molecule has 0 fully saturated rings. The molecule has 0 saturated heterocycles. The van der Waals surface area contributed by atoms with Crippen LogP contribution in [0.25, 0.3) is 0 Å². The molecule has 0 unspecified atom stereocenters. The van der Waals surface area contributed by atoms with Gasteiger partial charge in [0, 0.05) is 24.3 Å². The summed E-state index contributed by atoms with van der Waals surface area (Å²) < 4.78 is 7.27. The van der Waals surface area contributed by atoms with Gasteiger partial charge >= 0.3 is 0 Å². The maximum atomic E-state index is 12.7. The second kappa shape index (κ2) is 8.82. The number of hydrogen-bond acceptors (Lipinski definition) is 5. The van der Waals surface area contributed by atoms with E-state index in [9.17, 15) is 9.59 Å². The molecule has 0 aliphatic carbocycles. The second-order valence-corrected chi connectivity index (χ2v) is 7.44. The van der Waals surface area contributed by atoms with E-state index < -0.39 is 0 Å². The van der Waals surface area contributed by atoms with Gasteiger partial charge in [0.2, 0.25) is 0 Å². The number of nitrogens with one attached hydrogen (secondary N) is 2. The SMILES string of the molecule is Cc1cccc(Oc2cnn(C)c(=O)c2Nc2ccc(C(=O)NC(C)C)cc2)c1C.